The highest BCUT2D eigenvalue weighted by Crippen LogP contribution is 2.30. The second-order valence-corrected chi connectivity index (χ2v) is 6.59. The zero-order valence-electron chi connectivity index (χ0n) is 13.8. The highest BCUT2D eigenvalue weighted by Gasteiger charge is 2.31. The first-order chi connectivity index (χ1) is 11.7. The third-order valence-electron chi connectivity index (χ3n) is 4.65. The van der Waals surface area contributed by atoms with E-state index in [2.05, 4.69) is 15.3 Å². The normalized spacial score (nSPS) is 24.2. The minimum absolute atomic E-state index is 0.0147. The number of aromatic nitrogens is 3. The Morgan fingerprint density at radius 1 is 1.46 bits per heavy atom. The number of fused-ring (bicyclic) bond motifs is 1. The summed E-state index contributed by atoms with van der Waals surface area (Å²) in [6.07, 6.45) is 6.81. The van der Waals surface area contributed by atoms with Crippen molar-refractivity contribution in [1.82, 2.24) is 19.7 Å². The Morgan fingerprint density at radius 3 is 3.17 bits per heavy atom. The SMILES string of the molecule is Cc1nc2ncccn2c1C(=O)N[C@@H]1COCC[C@@H]1OCC1CC1. The van der Waals surface area contributed by atoms with Crippen molar-refractivity contribution < 1.29 is 14.3 Å². The molecule has 0 bridgehead atoms. The van der Waals surface area contributed by atoms with Gasteiger partial charge in [0.25, 0.3) is 5.91 Å². The van der Waals surface area contributed by atoms with Crippen molar-refractivity contribution in [2.45, 2.75) is 38.3 Å². The smallest absolute Gasteiger partial charge is 0.270 e. The van der Waals surface area contributed by atoms with E-state index in [1.54, 1.807) is 22.9 Å². The van der Waals surface area contributed by atoms with E-state index in [0.29, 0.717) is 36.3 Å². The molecular weight excluding hydrogens is 308 g/mol. The quantitative estimate of drug-likeness (QED) is 0.895. The van der Waals surface area contributed by atoms with Gasteiger partial charge in [-0.3, -0.25) is 9.20 Å². The Bertz CT molecular complexity index is 741. The lowest BCUT2D eigenvalue weighted by Gasteiger charge is -2.32. The van der Waals surface area contributed by atoms with Gasteiger partial charge in [-0.05, 0) is 38.2 Å². The van der Waals surface area contributed by atoms with Gasteiger partial charge in [0.1, 0.15) is 5.69 Å². The largest absolute Gasteiger partial charge is 0.379 e. The van der Waals surface area contributed by atoms with Gasteiger partial charge in [-0.15, -0.1) is 0 Å². The van der Waals surface area contributed by atoms with Crippen LogP contribution in [0.3, 0.4) is 0 Å². The first-order valence-electron chi connectivity index (χ1n) is 8.52. The molecular formula is C17H22N4O3. The summed E-state index contributed by atoms with van der Waals surface area (Å²) in [7, 11) is 0. The van der Waals surface area contributed by atoms with Crippen LogP contribution in [0.25, 0.3) is 5.78 Å². The van der Waals surface area contributed by atoms with Crippen LogP contribution in [0.15, 0.2) is 18.5 Å². The molecule has 2 aromatic rings. The van der Waals surface area contributed by atoms with Crippen molar-refractivity contribution >= 4 is 11.7 Å². The highest BCUT2D eigenvalue weighted by molar-refractivity contribution is 5.94. The summed E-state index contributed by atoms with van der Waals surface area (Å²) in [5.41, 5.74) is 1.18. The molecule has 7 nitrogen and oxygen atoms in total. The Kier molecular flexibility index (Phi) is 4.20. The van der Waals surface area contributed by atoms with Crippen molar-refractivity contribution in [2.24, 2.45) is 5.92 Å². The summed E-state index contributed by atoms with van der Waals surface area (Å²) < 4.78 is 13.3. The van der Waals surface area contributed by atoms with E-state index in [1.165, 1.54) is 12.8 Å². The molecule has 2 aliphatic rings. The van der Waals surface area contributed by atoms with Gasteiger partial charge in [0.15, 0.2) is 0 Å². The summed E-state index contributed by atoms with van der Waals surface area (Å²) in [5, 5.41) is 3.07. The Morgan fingerprint density at radius 2 is 2.33 bits per heavy atom. The lowest BCUT2D eigenvalue weighted by Crippen LogP contribution is -2.51. The molecule has 7 heteroatoms. The molecule has 128 valence electrons. The zero-order valence-corrected chi connectivity index (χ0v) is 13.8. The van der Waals surface area contributed by atoms with Crippen molar-refractivity contribution in [3.63, 3.8) is 0 Å². The van der Waals surface area contributed by atoms with Crippen molar-refractivity contribution in [2.75, 3.05) is 19.8 Å². The van der Waals surface area contributed by atoms with Crippen molar-refractivity contribution in [3.8, 4) is 0 Å². The molecule has 4 rings (SSSR count). The summed E-state index contributed by atoms with van der Waals surface area (Å²) in [4.78, 5) is 21.3. The van der Waals surface area contributed by atoms with Crippen LogP contribution in [-0.2, 0) is 9.47 Å². The molecule has 1 N–H and O–H groups in total. The van der Waals surface area contributed by atoms with Gasteiger partial charge in [-0.1, -0.05) is 0 Å². The molecule has 1 aliphatic heterocycles. The average molecular weight is 330 g/mol. The number of amides is 1. The summed E-state index contributed by atoms with van der Waals surface area (Å²) in [6.45, 7) is 3.77. The number of nitrogens with one attached hydrogen (secondary N) is 1. The summed E-state index contributed by atoms with van der Waals surface area (Å²) >= 11 is 0. The van der Waals surface area contributed by atoms with Gasteiger partial charge in [-0.2, -0.15) is 0 Å². The third kappa shape index (κ3) is 3.14. The van der Waals surface area contributed by atoms with Crippen LogP contribution >= 0.6 is 0 Å². The predicted octanol–water partition coefficient (Wildman–Crippen LogP) is 1.35. The zero-order chi connectivity index (χ0) is 16.5. The monoisotopic (exact) mass is 330 g/mol. The van der Waals surface area contributed by atoms with Gasteiger partial charge < -0.3 is 14.8 Å². The van der Waals surface area contributed by atoms with Crippen LogP contribution in [0, 0.1) is 12.8 Å². The number of hydrogen-bond acceptors (Lipinski definition) is 5. The molecule has 3 heterocycles. The Hall–Kier alpha value is -1.99. The molecule has 0 spiro atoms. The Labute approximate surface area is 140 Å². The standard InChI is InChI=1S/C17H22N4O3/c1-11-15(21-7-2-6-18-17(21)19-11)16(22)20-13-10-23-8-5-14(13)24-9-12-3-4-12/h2,6-7,12-14H,3-5,8-10H2,1H3,(H,20,22)/t13-,14+/m1/s1. The van der Waals surface area contributed by atoms with E-state index in [0.717, 1.165) is 13.0 Å². The fraction of sp³-hybridized carbons (Fsp3) is 0.588. The van der Waals surface area contributed by atoms with E-state index < -0.39 is 0 Å². The maximum absolute atomic E-state index is 12.8. The molecule has 2 aromatic heterocycles. The molecule has 1 saturated carbocycles. The lowest BCUT2D eigenvalue weighted by molar-refractivity contribution is -0.0568. The summed E-state index contributed by atoms with van der Waals surface area (Å²) in [5.74, 6) is 1.07. The van der Waals surface area contributed by atoms with E-state index in [1.807, 2.05) is 6.92 Å². The number of hydrogen-bond donors (Lipinski definition) is 1. The molecule has 2 atom stereocenters. The fourth-order valence-electron chi connectivity index (χ4n) is 3.10. The number of carbonyl (C=O) groups is 1. The average Bonchev–Trinajstić information content (AvgIpc) is 3.34. The van der Waals surface area contributed by atoms with E-state index in [4.69, 9.17) is 9.47 Å². The van der Waals surface area contributed by atoms with Gasteiger partial charge >= 0.3 is 0 Å². The molecule has 0 aromatic carbocycles. The van der Waals surface area contributed by atoms with Crippen LogP contribution in [0.1, 0.15) is 35.4 Å². The number of nitrogens with zero attached hydrogens (tertiary/aromatic N) is 3. The molecule has 24 heavy (non-hydrogen) atoms. The fourth-order valence-corrected chi connectivity index (χ4v) is 3.10. The van der Waals surface area contributed by atoms with Crippen LogP contribution in [0.2, 0.25) is 0 Å². The maximum atomic E-state index is 12.8. The molecule has 1 saturated heterocycles. The number of ether oxygens (including phenoxy) is 2. The topological polar surface area (TPSA) is 77.8 Å². The van der Waals surface area contributed by atoms with Gasteiger partial charge in [0.05, 0.1) is 24.4 Å². The molecule has 0 unspecified atom stereocenters. The van der Waals surface area contributed by atoms with Crippen LogP contribution in [0.4, 0.5) is 0 Å². The van der Waals surface area contributed by atoms with Crippen LogP contribution < -0.4 is 5.32 Å². The summed E-state index contributed by atoms with van der Waals surface area (Å²) in [6, 6.07) is 1.66. The first kappa shape index (κ1) is 15.5. The van der Waals surface area contributed by atoms with E-state index >= 15 is 0 Å². The second kappa shape index (κ2) is 6.49. The predicted molar refractivity (Wildman–Crippen MR) is 86.9 cm³/mol. The van der Waals surface area contributed by atoms with Crippen LogP contribution in [-0.4, -0.2) is 52.2 Å². The first-order valence-corrected chi connectivity index (χ1v) is 8.52. The molecule has 0 radical (unpaired) electrons. The minimum Gasteiger partial charge on any atom is -0.379 e. The lowest BCUT2D eigenvalue weighted by atomic mass is 10.1. The van der Waals surface area contributed by atoms with Gasteiger partial charge in [0.2, 0.25) is 5.78 Å². The number of imidazole rings is 1. The molecule has 1 amide bonds. The maximum Gasteiger partial charge on any atom is 0.270 e. The number of aryl methyl sites for hydroxylation is 1. The van der Waals surface area contributed by atoms with E-state index in [9.17, 15) is 4.79 Å². The van der Waals surface area contributed by atoms with Crippen molar-refractivity contribution in [3.05, 3.63) is 29.8 Å². The van der Waals surface area contributed by atoms with E-state index in [-0.39, 0.29) is 18.1 Å². The molecule has 2 fully saturated rings. The van der Waals surface area contributed by atoms with Crippen molar-refractivity contribution in [1.29, 1.82) is 0 Å². The number of rotatable bonds is 5. The van der Waals surface area contributed by atoms with Crippen LogP contribution in [0.5, 0.6) is 0 Å². The molecule has 1 aliphatic carbocycles. The highest BCUT2D eigenvalue weighted by atomic mass is 16.5. The minimum atomic E-state index is -0.163. The van der Waals surface area contributed by atoms with Gasteiger partial charge in [-0.25, -0.2) is 9.97 Å². The number of carbonyl (C=O) groups excluding carboxylic acids is 1. The second-order valence-electron chi connectivity index (χ2n) is 6.59. The van der Waals surface area contributed by atoms with Gasteiger partial charge in [0, 0.05) is 25.6 Å². The third-order valence-corrected chi connectivity index (χ3v) is 4.65. The Balaban J connectivity index is 1.49.